The van der Waals surface area contributed by atoms with Gasteiger partial charge in [-0.05, 0) is 18.6 Å². The molecule has 0 aliphatic rings. The van der Waals surface area contributed by atoms with E-state index in [0.29, 0.717) is 12.9 Å². The number of hydrogen-bond acceptors (Lipinski definition) is 4. The molecule has 0 fully saturated rings. The van der Waals surface area contributed by atoms with Crippen molar-refractivity contribution < 1.29 is 14.3 Å². The van der Waals surface area contributed by atoms with Crippen LogP contribution in [0.2, 0.25) is 0 Å². The van der Waals surface area contributed by atoms with E-state index in [1.165, 1.54) is 0 Å². The minimum Gasteiger partial charge on any atom is -0.361 e. The van der Waals surface area contributed by atoms with Crippen LogP contribution in [-0.4, -0.2) is 31.3 Å². The van der Waals surface area contributed by atoms with E-state index in [9.17, 15) is 9.59 Å². The zero-order chi connectivity index (χ0) is 9.94. The maximum absolute atomic E-state index is 10.7. The van der Waals surface area contributed by atoms with E-state index in [1.54, 1.807) is 0 Å². The van der Waals surface area contributed by atoms with E-state index in [0.717, 1.165) is 18.6 Å². The second-order valence-electron chi connectivity index (χ2n) is 2.45. The molecule has 0 spiro atoms. The number of ether oxygens (including phenoxy) is 1. The number of amides is 1. The van der Waals surface area contributed by atoms with Crippen molar-refractivity contribution in [3.8, 4) is 0 Å². The fourth-order valence-electron chi connectivity index (χ4n) is 0.667. The van der Waals surface area contributed by atoms with Crippen molar-refractivity contribution >= 4 is 24.8 Å². The summed E-state index contributed by atoms with van der Waals surface area (Å²) in [7, 11) is 0. The van der Waals surface area contributed by atoms with Crippen molar-refractivity contribution in [2.45, 2.75) is 19.3 Å². The lowest BCUT2D eigenvalue weighted by molar-refractivity contribution is -0.125. The molecule has 76 valence electrons. The quantitative estimate of drug-likeness (QED) is 0.198. The number of nitrogens with one attached hydrogen (secondary N) is 1. The third-order valence-electron chi connectivity index (χ3n) is 1.34. The highest BCUT2D eigenvalue weighted by Gasteiger charge is 1.97. The van der Waals surface area contributed by atoms with Crippen LogP contribution in [-0.2, 0) is 14.3 Å². The fourth-order valence-corrected chi connectivity index (χ4v) is 0.891. The molecule has 0 saturated heterocycles. The zero-order valence-electron chi connectivity index (χ0n) is 7.49. The van der Waals surface area contributed by atoms with Crippen LogP contribution >= 0.6 is 12.6 Å². The Labute approximate surface area is 83.4 Å². The Kier molecular flexibility index (Phi) is 9.13. The van der Waals surface area contributed by atoms with Gasteiger partial charge in [0.2, 0.25) is 5.91 Å². The molecule has 0 aromatic carbocycles. The molecule has 0 unspecified atom stereocenters. The fraction of sp³-hybridized carbons (Fsp3) is 0.750. The van der Waals surface area contributed by atoms with E-state index in [4.69, 9.17) is 4.74 Å². The predicted molar refractivity (Wildman–Crippen MR) is 52.7 cm³/mol. The van der Waals surface area contributed by atoms with E-state index >= 15 is 0 Å². The van der Waals surface area contributed by atoms with Crippen molar-refractivity contribution in [2.75, 3.05) is 19.1 Å². The Morgan fingerprint density at radius 3 is 2.85 bits per heavy atom. The largest absolute Gasteiger partial charge is 0.361 e. The van der Waals surface area contributed by atoms with Crippen LogP contribution in [0.4, 0.5) is 0 Å². The average molecular weight is 205 g/mol. The van der Waals surface area contributed by atoms with Crippen LogP contribution < -0.4 is 5.32 Å². The molecule has 4 nitrogen and oxygen atoms in total. The van der Waals surface area contributed by atoms with Gasteiger partial charge < -0.3 is 14.8 Å². The van der Waals surface area contributed by atoms with Gasteiger partial charge in [0.25, 0.3) is 0 Å². The first-order valence-electron chi connectivity index (χ1n) is 4.20. The smallest absolute Gasteiger partial charge is 0.228 e. The first kappa shape index (κ1) is 12.4. The maximum atomic E-state index is 10.7. The Hall–Kier alpha value is -0.550. The third-order valence-corrected chi connectivity index (χ3v) is 1.65. The lowest BCUT2D eigenvalue weighted by Crippen LogP contribution is -2.26. The maximum Gasteiger partial charge on any atom is 0.228 e. The molecule has 0 aromatic rings. The van der Waals surface area contributed by atoms with Crippen LogP contribution in [0.1, 0.15) is 19.3 Å². The Morgan fingerprint density at radius 1 is 1.46 bits per heavy atom. The molecular weight excluding hydrogens is 190 g/mol. The molecule has 5 heteroatoms. The second-order valence-corrected chi connectivity index (χ2v) is 2.90. The molecule has 0 saturated carbocycles. The number of rotatable bonds is 8. The molecule has 0 aromatic heterocycles. The van der Waals surface area contributed by atoms with Gasteiger partial charge in [-0.15, -0.1) is 0 Å². The van der Waals surface area contributed by atoms with Crippen molar-refractivity contribution in [3.05, 3.63) is 0 Å². The molecule has 0 bridgehead atoms. The van der Waals surface area contributed by atoms with Crippen LogP contribution in [0.15, 0.2) is 0 Å². The molecule has 1 amide bonds. The topological polar surface area (TPSA) is 55.4 Å². The van der Waals surface area contributed by atoms with Gasteiger partial charge in [-0.25, -0.2) is 0 Å². The minimum atomic E-state index is -0.302. The summed E-state index contributed by atoms with van der Waals surface area (Å²) in [5, 5.41) is 2.45. The zero-order valence-corrected chi connectivity index (χ0v) is 8.39. The number of thiol groups is 1. The second kappa shape index (κ2) is 9.54. The highest BCUT2D eigenvalue weighted by Crippen LogP contribution is 1.91. The molecule has 0 atom stereocenters. The van der Waals surface area contributed by atoms with Gasteiger partial charge in [-0.1, -0.05) is 0 Å². The Bertz CT molecular complexity index is 152. The highest BCUT2D eigenvalue weighted by molar-refractivity contribution is 7.80. The third kappa shape index (κ3) is 9.36. The first-order chi connectivity index (χ1) is 6.31. The van der Waals surface area contributed by atoms with Crippen LogP contribution in [0.5, 0.6) is 0 Å². The Morgan fingerprint density at radius 2 is 2.23 bits per heavy atom. The lowest BCUT2D eigenvalue weighted by atomic mass is 10.4. The number of carbonyl (C=O) groups is 2. The van der Waals surface area contributed by atoms with Gasteiger partial charge in [0, 0.05) is 6.61 Å². The van der Waals surface area contributed by atoms with Gasteiger partial charge >= 0.3 is 0 Å². The van der Waals surface area contributed by atoms with Crippen LogP contribution in [0.25, 0.3) is 0 Å². The summed E-state index contributed by atoms with van der Waals surface area (Å²) in [6.45, 7) is 0.793. The molecular formula is C8H15NO3S. The summed E-state index contributed by atoms with van der Waals surface area (Å²) in [6, 6.07) is 0. The molecule has 0 aliphatic carbocycles. The summed E-state index contributed by atoms with van der Waals surface area (Å²) in [4.78, 5) is 20.6. The van der Waals surface area contributed by atoms with Crippen LogP contribution in [0.3, 0.4) is 0 Å². The number of hydrogen-bond donors (Lipinski definition) is 2. The SMILES string of the molecule is O=CCC(=O)NCOCCCCS. The summed E-state index contributed by atoms with van der Waals surface area (Å²) >= 11 is 4.04. The van der Waals surface area contributed by atoms with Crippen LogP contribution in [0, 0.1) is 0 Å². The summed E-state index contributed by atoms with van der Waals surface area (Å²) < 4.78 is 5.07. The molecule has 13 heavy (non-hydrogen) atoms. The number of aldehydes is 1. The van der Waals surface area contributed by atoms with E-state index in [-0.39, 0.29) is 19.1 Å². The minimum absolute atomic E-state index is 0.0972. The van der Waals surface area contributed by atoms with E-state index < -0.39 is 0 Å². The van der Waals surface area contributed by atoms with Crippen molar-refractivity contribution in [2.24, 2.45) is 0 Å². The normalized spacial score (nSPS) is 9.62. The molecule has 0 heterocycles. The summed E-state index contributed by atoms with van der Waals surface area (Å²) in [5.41, 5.74) is 0. The van der Waals surface area contributed by atoms with Gasteiger partial charge in [0.15, 0.2) is 0 Å². The predicted octanol–water partition coefficient (Wildman–Crippen LogP) is 0.376. The number of unbranched alkanes of at least 4 members (excludes halogenated alkanes) is 1. The van der Waals surface area contributed by atoms with Gasteiger partial charge in [0.05, 0.1) is 6.42 Å². The summed E-state index contributed by atoms with van der Waals surface area (Å²) in [6.07, 6.45) is 2.41. The average Bonchev–Trinajstić information content (AvgIpc) is 2.11. The standard InChI is InChI=1S/C8H15NO3S/c10-4-3-8(11)9-7-12-5-1-2-6-13/h4,13H,1-3,5-7H2,(H,9,11). The van der Waals surface area contributed by atoms with Crippen molar-refractivity contribution in [1.82, 2.24) is 5.32 Å². The van der Waals surface area contributed by atoms with Crippen molar-refractivity contribution in [1.29, 1.82) is 0 Å². The molecule has 0 rings (SSSR count). The highest BCUT2D eigenvalue weighted by atomic mass is 32.1. The number of carbonyl (C=O) groups excluding carboxylic acids is 2. The molecule has 1 N–H and O–H groups in total. The van der Waals surface area contributed by atoms with Gasteiger partial charge in [-0.2, -0.15) is 12.6 Å². The van der Waals surface area contributed by atoms with E-state index in [2.05, 4.69) is 17.9 Å². The van der Waals surface area contributed by atoms with E-state index in [1.807, 2.05) is 0 Å². The summed E-state index contributed by atoms with van der Waals surface area (Å²) in [5.74, 6) is 0.546. The molecule has 0 radical (unpaired) electrons. The monoisotopic (exact) mass is 205 g/mol. The lowest BCUT2D eigenvalue weighted by Gasteiger charge is -2.04. The molecule has 0 aliphatic heterocycles. The van der Waals surface area contributed by atoms with Crippen molar-refractivity contribution in [3.63, 3.8) is 0 Å². The Balaban J connectivity index is 3.06. The van der Waals surface area contributed by atoms with Gasteiger partial charge in [-0.3, -0.25) is 4.79 Å². The first-order valence-corrected chi connectivity index (χ1v) is 4.83. The van der Waals surface area contributed by atoms with Gasteiger partial charge in [0.1, 0.15) is 13.0 Å².